The molecule has 2 heterocycles. The van der Waals surface area contributed by atoms with Crippen LogP contribution in [0.4, 0.5) is 11.6 Å². The smallest absolute Gasteiger partial charge is 0.545 e. The van der Waals surface area contributed by atoms with Crippen LogP contribution in [0.1, 0.15) is 20.7 Å². The van der Waals surface area contributed by atoms with E-state index >= 15 is 0 Å². The van der Waals surface area contributed by atoms with Gasteiger partial charge in [-0.15, -0.1) is 0 Å². The number of nitrogen functional groups attached to an aromatic ring is 2. The molecule has 0 aliphatic heterocycles. The van der Waals surface area contributed by atoms with Gasteiger partial charge in [0.15, 0.2) is 0 Å². The van der Waals surface area contributed by atoms with Gasteiger partial charge in [0.1, 0.15) is 11.6 Å². The summed E-state index contributed by atoms with van der Waals surface area (Å²) in [5.74, 6) is -1.11. The van der Waals surface area contributed by atoms with Crippen molar-refractivity contribution in [1.82, 2.24) is 9.97 Å². The summed E-state index contributed by atoms with van der Waals surface area (Å²) in [6.07, 6.45) is 3.32. The molecule has 8 nitrogen and oxygen atoms in total. The van der Waals surface area contributed by atoms with Crippen molar-refractivity contribution < 1.29 is 47.1 Å². The maximum atomic E-state index is 10.1. The number of carboxylic acid groups (broad SMARTS) is 2. The van der Waals surface area contributed by atoms with Crippen LogP contribution in [0, 0.1) is 0 Å². The molecule has 9 heteroatoms. The Kier molecular flexibility index (Phi) is 15.8. The fourth-order valence-electron chi connectivity index (χ4n) is 1.90. The minimum Gasteiger partial charge on any atom is -0.545 e. The van der Waals surface area contributed by atoms with Crippen molar-refractivity contribution in [2.45, 2.75) is 0 Å². The Morgan fingerprint density at radius 1 is 0.545 bits per heavy atom. The van der Waals surface area contributed by atoms with Crippen LogP contribution in [0.25, 0.3) is 0 Å². The number of carboxylic acids is 2. The maximum absolute atomic E-state index is 10.1. The Labute approximate surface area is 212 Å². The van der Waals surface area contributed by atoms with E-state index < -0.39 is 11.9 Å². The summed E-state index contributed by atoms with van der Waals surface area (Å²) < 4.78 is 0. The zero-order valence-corrected chi connectivity index (χ0v) is 21.8. The summed E-state index contributed by atoms with van der Waals surface area (Å²) in [6, 6.07) is 27.0. The van der Waals surface area contributed by atoms with E-state index in [1.54, 1.807) is 60.9 Å². The van der Waals surface area contributed by atoms with Gasteiger partial charge in [0.05, 0.1) is 11.9 Å². The second-order valence-corrected chi connectivity index (χ2v) is 5.82. The van der Waals surface area contributed by atoms with E-state index in [9.17, 15) is 19.8 Å². The molecule has 0 radical (unpaired) electrons. The first kappa shape index (κ1) is 29.2. The predicted molar refractivity (Wildman–Crippen MR) is 119 cm³/mol. The van der Waals surface area contributed by atoms with Gasteiger partial charge in [-0.05, 0) is 35.4 Å². The van der Waals surface area contributed by atoms with Crippen LogP contribution in [0.3, 0.4) is 0 Å². The first-order chi connectivity index (χ1) is 15.4. The van der Waals surface area contributed by atoms with Gasteiger partial charge >= 0.3 is 27.3 Å². The van der Waals surface area contributed by atoms with E-state index in [4.69, 9.17) is 11.5 Å². The van der Waals surface area contributed by atoms with Crippen LogP contribution in [0.15, 0.2) is 109 Å². The number of hydrogen-bond acceptors (Lipinski definition) is 8. The monoisotopic (exact) mass is 544 g/mol. The molecule has 164 valence electrons. The van der Waals surface area contributed by atoms with Crippen molar-refractivity contribution in [2.75, 3.05) is 11.5 Å². The third-order valence-corrected chi connectivity index (χ3v) is 3.39. The molecular formula is C24H22CdN4O4. The number of pyridine rings is 2. The van der Waals surface area contributed by atoms with Crippen LogP contribution in [-0.2, 0) is 27.3 Å². The molecule has 2 aromatic carbocycles. The van der Waals surface area contributed by atoms with Gasteiger partial charge in [-0.3, -0.25) is 0 Å². The van der Waals surface area contributed by atoms with Gasteiger partial charge in [0.25, 0.3) is 0 Å². The number of aromatic carboxylic acids is 2. The molecule has 0 saturated carbocycles. The molecule has 0 fully saturated rings. The molecule has 0 atom stereocenters. The molecule has 0 amide bonds. The molecule has 0 bridgehead atoms. The van der Waals surface area contributed by atoms with E-state index in [-0.39, 0.29) is 38.4 Å². The number of hydrogen-bond donors (Lipinski definition) is 2. The van der Waals surface area contributed by atoms with E-state index in [1.165, 1.54) is 24.3 Å². The Morgan fingerprint density at radius 3 is 1.00 bits per heavy atom. The van der Waals surface area contributed by atoms with E-state index in [0.29, 0.717) is 11.6 Å². The van der Waals surface area contributed by atoms with Crippen molar-refractivity contribution in [1.29, 1.82) is 0 Å². The molecule has 4 rings (SSSR count). The minimum absolute atomic E-state index is 0. The zero-order chi connectivity index (χ0) is 23.6. The Morgan fingerprint density at radius 2 is 0.848 bits per heavy atom. The topological polar surface area (TPSA) is 158 Å². The van der Waals surface area contributed by atoms with Gasteiger partial charge in [0.2, 0.25) is 0 Å². The number of benzene rings is 2. The van der Waals surface area contributed by atoms with E-state index in [1.807, 2.05) is 24.3 Å². The van der Waals surface area contributed by atoms with Crippen molar-refractivity contribution in [3.8, 4) is 0 Å². The SMILES string of the molecule is Nc1ccccn1.Nc1ccccn1.O=C([O-])c1ccccc1.O=C([O-])c1ccccc1.[Cd+2]. The van der Waals surface area contributed by atoms with Gasteiger partial charge < -0.3 is 31.3 Å². The van der Waals surface area contributed by atoms with Crippen molar-refractivity contribution in [3.63, 3.8) is 0 Å². The third kappa shape index (κ3) is 14.8. The fourth-order valence-corrected chi connectivity index (χ4v) is 1.90. The normalized spacial score (nSPS) is 8.48. The summed E-state index contributed by atoms with van der Waals surface area (Å²) in [5.41, 5.74) is 10.9. The van der Waals surface area contributed by atoms with Crippen LogP contribution in [-0.4, -0.2) is 21.9 Å². The molecular weight excluding hydrogens is 521 g/mol. The summed E-state index contributed by atoms with van der Waals surface area (Å²) in [4.78, 5) is 27.7. The van der Waals surface area contributed by atoms with Gasteiger partial charge in [0, 0.05) is 12.4 Å². The second kappa shape index (κ2) is 17.8. The number of aromatic nitrogens is 2. The summed E-state index contributed by atoms with van der Waals surface area (Å²) in [5, 5.41) is 20.2. The summed E-state index contributed by atoms with van der Waals surface area (Å²) in [6.45, 7) is 0. The van der Waals surface area contributed by atoms with Crippen LogP contribution in [0.5, 0.6) is 0 Å². The van der Waals surface area contributed by atoms with Crippen LogP contribution >= 0.6 is 0 Å². The molecule has 0 aliphatic carbocycles. The van der Waals surface area contributed by atoms with Gasteiger partial charge in [-0.25, -0.2) is 9.97 Å². The molecule has 0 saturated heterocycles. The van der Waals surface area contributed by atoms with Crippen LogP contribution < -0.4 is 21.7 Å². The molecule has 0 aliphatic rings. The first-order valence-corrected chi connectivity index (χ1v) is 9.26. The first-order valence-electron chi connectivity index (χ1n) is 9.26. The van der Waals surface area contributed by atoms with E-state index in [0.717, 1.165) is 0 Å². The summed E-state index contributed by atoms with van der Waals surface area (Å²) in [7, 11) is 0. The predicted octanol–water partition coefficient (Wildman–Crippen LogP) is 1.43. The summed E-state index contributed by atoms with van der Waals surface area (Å²) >= 11 is 0. The average Bonchev–Trinajstić information content (AvgIpc) is 2.82. The van der Waals surface area contributed by atoms with Gasteiger partial charge in [-0.2, -0.15) is 0 Å². The van der Waals surface area contributed by atoms with Crippen molar-refractivity contribution in [3.05, 3.63) is 121 Å². The number of nitrogens with two attached hydrogens (primary N) is 2. The molecule has 4 N–H and O–H groups in total. The van der Waals surface area contributed by atoms with E-state index in [2.05, 4.69) is 9.97 Å². The Bertz CT molecular complexity index is 952. The number of nitrogens with zero attached hydrogens (tertiary/aromatic N) is 2. The fraction of sp³-hybridized carbons (Fsp3) is 0. The minimum atomic E-state index is -1.13. The van der Waals surface area contributed by atoms with Crippen LogP contribution in [0.2, 0.25) is 0 Å². The van der Waals surface area contributed by atoms with Crippen molar-refractivity contribution >= 4 is 23.6 Å². The quantitative estimate of drug-likeness (QED) is 0.360. The largest absolute Gasteiger partial charge is 2.00 e. The third-order valence-electron chi connectivity index (χ3n) is 3.39. The Balaban J connectivity index is 0.000000412. The molecule has 2 aromatic heterocycles. The average molecular weight is 543 g/mol. The zero-order valence-electron chi connectivity index (χ0n) is 17.8. The number of carbonyl (C=O) groups is 2. The number of anilines is 2. The number of rotatable bonds is 2. The molecule has 4 aromatic rings. The molecule has 33 heavy (non-hydrogen) atoms. The maximum Gasteiger partial charge on any atom is 2.00 e. The van der Waals surface area contributed by atoms with Gasteiger partial charge in [-0.1, -0.05) is 72.8 Å². The molecule has 0 unspecified atom stereocenters. The standard InChI is InChI=1S/2C7H6O2.2C5H6N2.Cd/c2*8-7(9)6-4-2-1-3-5-6;2*6-5-3-1-2-4-7-5;/h2*1-5H,(H,8,9);2*1-4H,(H2,6,7);/q;;;;+2/p-2. The number of carbonyl (C=O) groups excluding carboxylic acids is 2. The molecule has 0 spiro atoms. The Hall–Kier alpha value is -3.80. The van der Waals surface area contributed by atoms with Crippen molar-refractivity contribution in [2.24, 2.45) is 0 Å². The second-order valence-electron chi connectivity index (χ2n) is 5.82.